The molecule has 1 aliphatic heterocycles. The fourth-order valence-corrected chi connectivity index (χ4v) is 4.12. The highest BCUT2D eigenvalue weighted by molar-refractivity contribution is 6.11. The predicted molar refractivity (Wildman–Crippen MR) is 122 cm³/mol. The number of benzene rings is 2. The SMILES string of the molecule is COC(=O)c1cc(C(=O)NC2CCN(C)CC2)c2cc(Cc3ccc(F)cc3)cnc2c1O. The van der Waals surface area contributed by atoms with E-state index in [0.29, 0.717) is 11.8 Å². The Morgan fingerprint density at radius 3 is 2.52 bits per heavy atom. The van der Waals surface area contributed by atoms with Gasteiger partial charge in [-0.25, -0.2) is 9.18 Å². The van der Waals surface area contributed by atoms with Crippen LogP contribution in [0.2, 0.25) is 0 Å². The van der Waals surface area contributed by atoms with Gasteiger partial charge in [-0.05, 0) is 74.8 Å². The van der Waals surface area contributed by atoms with Crippen LogP contribution in [0.5, 0.6) is 5.75 Å². The molecule has 7 nitrogen and oxygen atoms in total. The number of carbonyl (C=O) groups is 2. The van der Waals surface area contributed by atoms with E-state index in [-0.39, 0.29) is 40.2 Å². The van der Waals surface area contributed by atoms with Gasteiger partial charge in [-0.3, -0.25) is 9.78 Å². The van der Waals surface area contributed by atoms with E-state index in [9.17, 15) is 19.1 Å². The van der Waals surface area contributed by atoms with Crippen molar-refractivity contribution in [3.8, 4) is 5.75 Å². The van der Waals surface area contributed by atoms with Gasteiger partial charge in [0.25, 0.3) is 5.91 Å². The number of aromatic hydroxyl groups is 1. The van der Waals surface area contributed by atoms with Gasteiger partial charge in [-0.15, -0.1) is 0 Å². The van der Waals surface area contributed by atoms with E-state index < -0.39 is 5.97 Å². The van der Waals surface area contributed by atoms with Crippen molar-refractivity contribution >= 4 is 22.8 Å². The molecule has 0 radical (unpaired) electrons. The molecular weight excluding hydrogens is 425 g/mol. The molecule has 1 aromatic heterocycles. The summed E-state index contributed by atoms with van der Waals surface area (Å²) in [7, 11) is 3.26. The molecule has 172 valence electrons. The Kier molecular flexibility index (Phi) is 6.55. The number of ether oxygens (including phenoxy) is 1. The van der Waals surface area contributed by atoms with Crippen LogP contribution in [0.1, 0.15) is 44.7 Å². The Morgan fingerprint density at radius 1 is 1.15 bits per heavy atom. The first-order chi connectivity index (χ1) is 15.9. The summed E-state index contributed by atoms with van der Waals surface area (Å²) >= 11 is 0. The molecule has 2 N–H and O–H groups in total. The van der Waals surface area contributed by atoms with Crippen LogP contribution in [0, 0.1) is 5.82 Å². The minimum absolute atomic E-state index is 0.0227. The quantitative estimate of drug-likeness (QED) is 0.579. The maximum Gasteiger partial charge on any atom is 0.341 e. The molecule has 8 heteroatoms. The third kappa shape index (κ3) is 4.96. The molecule has 1 amide bonds. The Hall–Kier alpha value is -3.52. The summed E-state index contributed by atoms with van der Waals surface area (Å²) in [6.07, 6.45) is 3.70. The molecular formula is C25H26FN3O4. The second-order valence-electron chi connectivity index (χ2n) is 8.41. The first kappa shape index (κ1) is 22.7. The maximum absolute atomic E-state index is 13.3. The fourth-order valence-electron chi connectivity index (χ4n) is 4.12. The number of pyridine rings is 1. The molecule has 0 bridgehead atoms. The molecule has 1 aliphatic rings. The molecule has 1 fully saturated rings. The lowest BCUT2D eigenvalue weighted by molar-refractivity contribution is 0.0597. The van der Waals surface area contributed by atoms with Crippen molar-refractivity contribution in [3.63, 3.8) is 0 Å². The summed E-state index contributed by atoms with van der Waals surface area (Å²) in [6, 6.07) is 9.30. The summed E-state index contributed by atoms with van der Waals surface area (Å²) in [5, 5.41) is 14.2. The number of esters is 1. The topological polar surface area (TPSA) is 91.8 Å². The van der Waals surface area contributed by atoms with Gasteiger partial charge in [0.1, 0.15) is 16.9 Å². The second-order valence-corrected chi connectivity index (χ2v) is 8.41. The molecule has 2 heterocycles. The average Bonchev–Trinajstić information content (AvgIpc) is 2.81. The highest BCUT2D eigenvalue weighted by Crippen LogP contribution is 2.32. The molecule has 1 saturated heterocycles. The average molecular weight is 451 g/mol. The number of phenolic OH excluding ortho intramolecular Hbond substituents is 1. The zero-order valence-corrected chi connectivity index (χ0v) is 18.6. The predicted octanol–water partition coefficient (Wildman–Crippen LogP) is 3.28. The lowest BCUT2D eigenvalue weighted by Crippen LogP contribution is -2.43. The van der Waals surface area contributed by atoms with Crippen molar-refractivity contribution in [3.05, 3.63) is 70.7 Å². The largest absolute Gasteiger partial charge is 0.505 e. The van der Waals surface area contributed by atoms with Crippen molar-refractivity contribution < 1.29 is 23.8 Å². The molecule has 0 spiro atoms. The van der Waals surface area contributed by atoms with Gasteiger partial charge in [0, 0.05) is 23.2 Å². The minimum atomic E-state index is -0.750. The normalized spacial score (nSPS) is 14.9. The number of halogens is 1. The molecule has 0 saturated carbocycles. The second kappa shape index (κ2) is 9.54. The number of amides is 1. The minimum Gasteiger partial charge on any atom is -0.505 e. The van der Waals surface area contributed by atoms with Crippen LogP contribution < -0.4 is 5.32 Å². The van der Waals surface area contributed by atoms with Gasteiger partial charge in [0.2, 0.25) is 0 Å². The number of hydrogen-bond acceptors (Lipinski definition) is 6. The van der Waals surface area contributed by atoms with E-state index in [1.54, 1.807) is 24.4 Å². The number of methoxy groups -OCH3 is 1. The molecule has 33 heavy (non-hydrogen) atoms. The lowest BCUT2D eigenvalue weighted by atomic mass is 9.98. The van der Waals surface area contributed by atoms with E-state index >= 15 is 0 Å². The number of likely N-dealkylation sites (tertiary alicyclic amines) is 1. The maximum atomic E-state index is 13.3. The van der Waals surface area contributed by atoms with Crippen molar-refractivity contribution in [2.75, 3.05) is 27.2 Å². The Bertz CT molecular complexity index is 1190. The number of carbonyl (C=O) groups excluding carboxylic acids is 2. The molecule has 2 aromatic carbocycles. The van der Waals surface area contributed by atoms with E-state index in [1.807, 2.05) is 7.05 Å². The number of aromatic nitrogens is 1. The fraction of sp³-hybridized carbons (Fsp3) is 0.320. The lowest BCUT2D eigenvalue weighted by Gasteiger charge is -2.29. The van der Waals surface area contributed by atoms with Crippen molar-refractivity contribution in [1.29, 1.82) is 0 Å². The van der Waals surface area contributed by atoms with E-state index in [4.69, 9.17) is 4.74 Å². The third-order valence-corrected chi connectivity index (χ3v) is 6.03. The van der Waals surface area contributed by atoms with Crippen molar-refractivity contribution in [1.82, 2.24) is 15.2 Å². The molecule has 4 rings (SSSR count). The number of hydrogen-bond donors (Lipinski definition) is 2. The monoisotopic (exact) mass is 451 g/mol. The Balaban J connectivity index is 1.73. The first-order valence-corrected chi connectivity index (χ1v) is 10.8. The van der Waals surface area contributed by atoms with E-state index in [0.717, 1.165) is 37.1 Å². The number of piperidine rings is 1. The zero-order valence-electron chi connectivity index (χ0n) is 18.6. The van der Waals surface area contributed by atoms with Crippen LogP contribution in [0.25, 0.3) is 10.9 Å². The van der Waals surface area contributed by atoms with Crippen LogP contribution in [-0.4, -0.2) is 60.2 Å². The van der Waals surface area contributed by atoms with Crippen LogP contribution in [0.3, 0.4) is 0 Å². The van der Waals surface area contributed by atoms with Crippen molar-refractivity contribution in [2.45, 2.75) is 25.3 Å². The Labute approximate surface area is 191 Å². The van der Waals surface area contributed by atoms with Gasteiger partial charge >= 0.3 is 5.97 Å². The summed E-state index contributed by atoms with van der Waals surface area (Å²) in [5.41, 5.74) is 1.94. The van der Waals surface area contributed by atoms with Crippen LogP contribution >= 0.6 is 0 Å². The van der Waals surface area contributed by atoms with Crippen LogP contribution in [0.15, 0.2) is 42.6 Å². The highest BCUT2D eigenvalue weighted by Gasteiger charge is 2.25. The van der Waals surface area contributed by atoms with Crippen molar-refractivity contribution in [2.24, 2.45) is 0 Å². The highest BCUT2D eigenvalue weighted by atomic mass is 19.1. The number of phenols is 1. The molecule has 0 unspecified atom stereocenters. The smallest absolute Gasteiger partial charge is 0.341 e. The number of nitrogens with zero attached hydrogens (tertiary/aromatic N) is 2. The number of nitrogens with one attached hydrogen (secondary N) is 1. The molecule has 0 aliphatic carbocycles. The van der Waals surface area contributed by atoms with E-state index in [1.165, 1.54) is 25.3 Å². The first-order valence-electron chi connectivity index (χ1n) is 10.8. The third-order valence-electron chi connectivity index (χ3n) is 6.03. The summed E-state index contributed by atoms with van der Waals surface area (Å²) in [4.78, 5) is 32.1. The zero-order chi connectivity index (χ0) is 23.5. The summed E-state index contributed by atoms with van der Waals surface area (Å²) in [6.45, 7) is 1.77. The van der Waals surface area contributed by atoms with Gasteiger partial charge in [-0.2, -0.15) is 0 Å². The number of rotatable bonds is 5. The van der Waals surface area contributed by atoms with E-state index in [2.05, 4.69) is 15.2 Å². The van der Waals surface area contributed by atoms with Gasteiger partial charge < -0.3 is 20.1 Å². The Morgan fingerprint density at radius 2 is 1.85 bits per heavy atom. The van der Waals surface area contributed by atoms with Crippen LogP contribution in [0.4, 0.5) is 4.39 Å². The molecule has 3 aromatic rings. The summed E-state index contributed by atoms with van der Waals surface area (Å²) < 4.78 is 18.0. The van der Waals surface area contributed by atoms with Gasteiger partial charge in [-0.1, -0.05) is 12.1 Å². The standard InChI is InChI=1S/C25H26FN3O4/c1-29-9-7-18(8-10-29)28-24(31)20-13-21(25(32)33-2)23(30)22-19(20)12-16(14-27-22)11-15-3-5-17(26)6-4-15/h3-6,12-14,18,30H,7-11H2,1-2H3,(H,28,31). The number of fused-ring (bicyclic) bond motifs is 1. The van der Waals surface area contributed by atoms with Gasteiger partial charge in [0.15, 0.2) is 5.75 Å². The van der Waals surface area contributed by atoms with Gasteiger partial charge in [0.05, 0.1) is 7.11 Å². The summed E-state index contributed by atoms with van der Waals surface area (Å²) in [5.74, 6) is -1.73. The molecule has 0 atom stereocenters. The van der Waals surface area contributed by atoms with Crippen LogP contribution in [-0.2, 0) is 11.2 Å².